The molecule has 1 saturated heterocycles. The molecule has 0 bridgehead atoms. The van der Waals surface area contributed by atoms with Crippen molar-refractivity contribution in [3.63, 3.8) is 0 Å². The molecule has 0 radical (unpaired) electrons. The van der Waals surface area contributed by atoms with E-state index < -0.39 is 11.7 Å². The number of carbonyl (C=O) groups is 1. The Morgan fingerprint density at radius 1 is 1.38 bits per heavy atom. The maximum Gasteiger partial charge on any atom is 0.244 e. The van der Waals surface area contributed by atoms with Crippen LogP contribution in [-0.2, 0) is 4.79 Å². The second-order valence-electron chi connectivity index (χ2n) is 6.01. The molecule has 21 heavy (non-hydrogen) atoms. The highest BCUT2D eigenvalue weighted by molar-refractivity contribution is 5.84. The summed E-state index contributed by atoms with van der Waals surface area (Å²) in [4.78, 5) is 14.5. The number of amides is 1. The second kappa shape index (κ2) is 5.64. The largest absolute Gasteiger partial charge is 0.492 e. The zero-order chi connectivity index (χ0) is 14.9. The summed E-state index contributed by atoms with van der Waals surface area (Å²) < 4.78 is 19.5. The highest BCUT2D eigenvalue weighted by Gasteiger charge is 2.35. The molecule has 1 atom stereocenters. The molecule has 1 fully saturated rings. The average molecular weight is 292 g/mol. The number of alkyl halides is 1. The van der Waals surface area contributed by atoms with Gasteiger partial charge in [-0.3, -0.25) is 10.1 Å². The fourth-order valence-electron chi connectivity index (χ4n) is 2.92. The van der Waals surface area contributed by atoms with Gasteiger partial charge in [0, 0.05) is 25.2 Å². The minimum absolute atomic E-state index is 0.0171. The monoisotopic (exact) mass is 292 g/mol. The lowest BCUT2D eigenvalue weighted by Crippen LogP contribution is -2.47. The van der Waals surface area contributed by atoms with E-state index in [-0.39, 0.29) is 5.91 Å². The molecule has 0 spiro atoms. The summed E-state index contributed by atoms with van der Waals surface area (Å²) in [5, 5.41) is 3.25. The van der Waals surface area contributed by atoms with E-state index in [9.17, 15) is 9.18 Å². The predicted molar refractivity (Wildman–Crippen MR) is 78.0 cm³/mol. The number of halogens is 1. The number of para-hydroxylation sites is 1. The van der Waals surface area contributed by atoms with E-state index in [1.165, 1.54) is 0 Å². The van der Waals surface area contributed by atoms with Gasteiger partial charge in [-0.2, -0.15) is 0 Å². The molecular weight excluding hydrogens is 271 g/mol. The molecule has 1 aromatic carbocycles. The first-order chi connectivity index (χ1) is 10.1. The van der Waals surface area contributed by atoms with Crippen molar-refractivity contribution >= 4 is 5.91 Å². The van der Waals surface area contributed by atoms with Crippen molar-refractivity contribution in [2.45, 2.75) is 31.5 Å². The van der Waals surface area contributed by atoms with E-state index in [1.807, 2.05) is 24.3 Å². The summed E-state index contributed by atoms with van der Waals surface area (Å²) in [6, 6.07) is 7.22. The molecule has 1 amide bonds. The highest BCUT2D eigenvalue weighted by atomic mass is 19.1. The van der Waals surface area contributed by atoms with Crippen molar-refractivity contribution < 1.29 is 13.9 Å². The summed E-state index contributed by atoms with van der Waals surface area (Å²) in [6.45, 7) is 3.74. The summed E-state index contributed by atoms with van der Waals surface area (Å²) in [7, 11) is 0. The Kier molecular flexibility index (Phi) is 3.85. The Bertz CT molecular complexity index is 523. The fraction of sp³-hybridized carbons (Fsp3) is 0.562. The van der Waals surface area contributed by atoms with Gasteiger partial charge in [-0.25, -0.2) is 4.39 Å². The lowest BCUT2D eigenvalue weighted by molar-refractivity contribution is -0.136. The van der Waals surface area contributed by atoms with Gasteiger partial charge in [-0.05, 0) is 25.8 Å². The first kappa shape index (κ1) is 14.3. The topological polar surface area (TPSA) is 41.6 Å². The molecule has 1 unspecified atom stereocenters. The van der Waals surface area contributed by atoms with Crippen LogP contribution in [0.15, 0.2) is 24.3 Å². The minimum Gasteiger partial charge on any atom is -0.492 e. The third-order valence-corrected chi connectivity index (χ3v) is 4.30. The second-order valence-corrected chi connectivity index (χ2v) is 6.01. The van der Waals surface area contributed by atoms with Crippen LogP contribution < -0.4 is 10.1 Å². The number of ether oxygens (including phenoxy) is 1. The fourth-order valence-corrected chi connectivity index (χ4v) is 2.92. The van der Waals surface area contributed by atoms with Gasteiger partial charge in [-0.15, -0.1) is 0 Å². The number of fused-ring (bicyclic) bond motifs is 1. The number of carbonyl (C=O) groups excluding carboxylic acids is 1. The zero-order valence-corrected chi connectivity index (χ0v) is 12.3. The van der Waals surface area contributed by atoms with Crippen molar-refractivity contribution in [1.82, 2.24) is 10.2 Å². The van der Waals surface area contributed by atoms with E-state index in [0.29, 0.717) is 39.1 Å². The van der Waals surface area contributed by atoms with Crippen molar-refractivity contribution in [1.29, 1.82) is 0 Å². The van der Waals surface area contributed by atoms with Crippen molar-refractivity contribution in [2.75, 3.05) is 26.2 Å². The molecule has 0 aromatic heterocycles. The van der Waals surface area contributed by atoms with Crippen LogP contribution in [0.5, 0.6) is 5.75 Å². The van der Waals surface area contributed by atoms with Crippen LogP contribution in [0.1, 0.15) is 31.4 Å². The molecular formula is C16H21FN2O2. The summed E-state index contributed by atoms with van der Waals surface area (Å²) >= 11 is 0. The predicted octanol–water partition coefficient (Wildman–Crippen LogP) is 2.06. The van der Waals surface area contributed by atoms with Gasteiger partial charge in [0.1, 0.15) is 24.1 Å². The van der Waals surface area contributed by atoms with Crippen LogP contribution in [0.25, 0.3) is 0 Å². The number of rotatable bonds is 1. The first-order valence-electron chi connectivity index (χ1n) is 7.50. The molecule has 0 aliphatic carbocycles. The first-order valence-corrected chi connectivity index (χ1v) is 7.50. The van der Waals surface area contributed by atoms with Gasteiger partial charge >= 0.3 is 0 Å². The van der Waals surface area contributed by atoms with Gasteiger partial charge in [0.2, 0.25) is 5.91 Å². The summed E-state index contributed by atoms with van der Waals surface area (Å²) in [6.07, 6.45) is 0.813. The molecule has 4 nitrogen and oxygen atoms in total. The lowest BCUT2D eigenvalue weighted by atomic mass is 9.94. The average Bonchev–Trinajstić information content (AvgIpc) is 2.69. The minimum atomic E-state index is -1.14. The van der Waals surface area contributed by atoms with Crippen LogP contribution in [0, 0.1) is 0 Å². The maximum atomic E-state index is 13.9. The number of nitrogens with one attached hydrogen (secondary N) is 1. The Labute approximate surface area is 124 Å². The van der Waals surface area contributed by atoms with Crippen molar-refractivity contribution in [3.05, 3.63) is 29.8 Å². The third-order valence-electron chi connectivity index (χ3n) is 4.30. The number of benzene rings is 1. The Morgan fingerprint density at radius 2 is 2.10 bits per heavy atom. The molecule has 2 heterocycles. The summed E-state index contributed by atoms with van der Waals surface area (Å²) in [5.74, 6) is 0.775. The number of likely N-dealkylation sites (tertiary alicyclic amines) is 1. The van der Waals surface area contributed by atoms with Crippen molar-refractivity contribution in [2.24, 2.45) is 0 Å². The van der Waals surface area contributed by atoms with Crippen LogP contribution in [0.4, 0.5) is 4.39 Å². The Balaban J connectivity index is 1.78. The van der Waals surface area contributed by atoms with Crippen LogP contribution in [-0.4, -0.2) is 42.7 Å². The molecule has 2 aliphatic rings. The van der Waals surface area contributed by atoms with Gasteiger partial charge in [-0.1, -0.05) is 18.2 Å². The Morgan fingerprint density at radius 3 is 2.86 bits per heavy atom. The number of nitrogens with zero attached hydrogens (tertiary/aromatic N) is 1. The van der Waals surface area contributed by atoms with Crippen LogP contribution >= 0.6 is 0 Å². The molecule has 114 valence electrons. The molecule has 5 heteroatoms. The highest BCUT2D eigenvalue weighted by Crippen LogP contribution is 2.31. The SMILES string of the molecule is CC1(F)CCN(C(=O)C2NCCOc3ccccc32)CC1. The summed E-state index contributed by atoms with van der Waals surface area (Å²) in [5.41, 5.74) is -0.275. The molecule has 2 aliphatic heterocycles. The normalized spacial score (nSPS) is 24.7. The molecule has 1 aromatic rings. The number of piperidine rings is 1. The molecule has 3 rings (SSSR count). The van der Waals surface area contributed by atoms with E-state index in [1.54, 1.807) is 11.8 Å². The lowest BCUT2D eigenvalue weighted by Gasteiger charge is -2.36. The van der Waals surface area contributed by atoms with Gasteiger partial charge in [0.25, 0.3) is 0 Å². The molecule has 0 saturated carbocycles. The quantitative estimate of drug-likeness (QED) is 0.861. The zero-order valence-electron chi connectivity index (χ0n) is 12.3. The van der Waals surface area contributed by atoms with Crippen molar-refractivity contribution in [3.8, 4) is 5.75 Å². The van der Waals surface area contributed by atoms with Crippen LogP contribution in [0.3, 0.4) is 0 Å². The van der Waals surface area contributed by atoms with E-state index in [4.69, 9.17) is 4.74 Å². The van der Waals surface area contributed by atoms with E-state index in [0.717, 1.165) is 11.3 Å². The van der Waals surface area contributed by atoms with Gasteiger partial charge in [0.15, 0.2) is 0 Å². The van der Waals surface area contributed by atoms with Crippen LogP contribution in [0.2, 0.25) is 0 Å². The molecule has 1 N–H and O–H groups in total. The standard InChI is InChI=1S/C16H21FN2O2/c1-16(17)6-9-19(10-7-16)15(20)14-12-4-2-3-5-13(12)21-11-8-18-14/h2-5,14,18H,6-11H2,1H3. The Hall–Kier alpha value is -1.62. The smallest absolute Gasteiger partial charge is 0.244 e. The third kappa shape index (κ3) is 3.02. The number of hydrogen-bond donors (Lipinski definition) is 1. The van der Waals surface area contributed by atoms with Gasteiger partial charge in [0.05, 0.1) is 0 Å². The van der Waals surface area contributed by atoms with E-state index in [2.05, 4.69) is 5.32 Å². The van der Waals surface area contributed by atoms with Gasteiger partial charge < -0.3 is 9.64 Å². The number of hydrogen-bond acceptors (Lipinski definition) is 3. The maximum absolute atomic E-state index is 13.9. The van der Waals surface area contributed by atoms with E-state index >= 15 is 0 Å².